The Labute approximate surface area is 247 Å². The van der Waals surface area contributed by atoms with Crippen molar-refractivity contribution in [3.05, 3.63) is 74.8 Å². The van der Waals surface area contributed by atoms with Crippen LogP contribution < -0.4 is 4.90 Å². The normalized spacial score (nSPS) is 24.6. The van der Waals surface area contributed by atoms with Crippen LogP contribution in [0.4, 0.5) is 32.0 Å². The van der Waals surface area contributed by atoms with E-state index in [0.29, 0.717) is 51.6 Å². The number of nitrogens with zero attached hydrogens (tertiary/aromatic N) is 1. The number of phenolic OH excluding ortho intramolecular Hbond substituents is 1. The molecule has 0 unspecified atom stereocenters. The van der Waals surface area contributed by atoms with Gasteiger partial charge in [0.1, 0.15) is 5.75 Å². The van der Waals surface area contributed by atoms with Crippen LogP contribution in [-0.4, -0.2) is 41.3 Å². The van der Waals surface area contributed by atoms with Gasteiger partial charge in [0, 0.05) is 5.92 Å². The second-order valence-electron chi connectivity index (χ2n) is 11.0. The average Bonchev–Trinajstić information content (AvgIpc) is 3.45. The zero-order valence-electron chi connectivity index (χ0n) is 22.6. The summed E-state index contributed by atoms with van der Waals surface area (Å²) in [5, 5.41) is 20.1. The number of allylic oxidation sites excluding steroid dienone is 1. The third-order valence-electron chi connectivity index (χ3n) is 8.22. The van der Waals surface area contributed by atoms with E-state index in [9.17, 15) is 46.1 Å². The molecule has 0 saturated carbocycles. The number of imide groups is 1. The number of halogens is 7. The highest BCUT2D eigenvalue weighted by Crippen LogP contribution is 2.51. The van der Waals surface area contributed by atoms with Crippen LogP contribution in [0.25, 0.3) is 6.08 Å². The summed E-state index contributed by atoms with van der Waals surface area (Å²) in [5.74, 6) is -4.58. The fourth-order valence-electron chi connectivity index (χ4n) is 6.27. The van der Waals surface area contributed by atoms with E-state index in [1.54, 1.807) is 6.07 Å². The van der Waals surface area contributed by atoms with E-state index in [-0.39, 0.29) is 24.8 Å². The molecule has 3 aliphatic rings. The van der Waals surface area contributed by atoms with Crippen molar-refractivity contribution in [3.63, 3.8) is 0 Å². The van der Waals surface area contributed by atoms with Crippen molar-refractivity contribution in [1.29, 1.82) is 0 Å². The number of fused-ring (bicyclic) bond motifs is 3. The van der Waals surface area contributed by atoms with Gasteiger partial charge in [0.2, 0.25) is 11.8 Å². The minimum absolute atomic E-state index is 0.000467. The van der Waals surface area contributed by atoms with Crippen LogP contribution in [0.1, 0.15) is 42.9 Å². The van der Waals surface area contributed by atoms with E-state index in [1.165, 1.54) is 12.1 Å². The first-order chi connectivity index (χ1) is 20.1. The first kappa shape index (κ1) is 31.1. The molecule has 1 aliphatic carbocycles. The minimum Gasteiger partial charge on any atom is -0.508 e. The van der Waals surface area contributed by atoms with Crippen LogP contribution >= 0.6 is 11.6 Å². The Balaban J connectivity index is 1.41. The molecule has 2 aromatic carbocycles. The van der Waals surface area contributed by atoms with Gasteiger partial charge in [-0.3, -0.25) is 9.59 Å². The van der Waals surface area contributed by atoms with Crippen LogP contribution in [-0.2, 0) is 26.7 Å². The van der Waals surface area contributed by atoms with Gasteiger partial charge >= 0.3 is 12.4 Å². The molecule has 2 aromatic rings. The summed E-state index contributed by atoms with van der Waals surface area (Å²) >= 11 is 6.19. The quantitative estimate of drug-likeness (QED) is 0.209. The van der Waals surface area contributed by atoms with Crippen LogP contribution in [0.5, 0.6) is 5.75 Å². The monoisotopic (exact) mass is 629 g/mol. The maximum absolute atomic E-state index is 13.6. The SMILES string of the molecule is C/C(=C\c1ccc(O)cc1Cl)CC[C@H]1OC[C@H]2C1=C(CO)C[C@H]1C(=O)N(c3cc(C(F)(F)F)cc(C(F)(F)F)c3)C(=O)[C@H]12. The van der Waals surface area contributed by atoms with Crippen LogP contribution in [0, 0.1) is 17.8 Å². The number of alkyl halides is 6. The number of aromatic hydroxyl groups is 1. The van der Waals surface area contributed by atoms with Gasteiger partial charge < -0.3 is 14.9 Å². The molecule has 2 aliphatic heterocycles. The van der Waals surface area contributed by atoms with E-state index in [1.807, 2.05) is 13.0 Å². The van der Waals surface area contributed by atoms with Crippen LogP contribution in [0.2, 0.25) is 5.02 Å². The number of aliphatic hydroxyl groups excluding tert-OH is 1. The lowest BCUT2D eigenvalue weighted by Gasteiger charge is -2.31. The van der Waals surface area contributed by atoms with Crippen LogP contribution in [0.3, 0.4) is 0 Å². The molecular weight excluding hydrogens is 604 g/mol. The predicted molar refractivity (Wildman–Crippen MR) is 144 cm³/mol. The minimum atomic E-state index is -5.15. The molecule has 6 nitrogen and oxygen atoms in total. The zero-order chi connectivity index (χ0) is 31.4. The number of hydrogen-bond acceptors (Lipinski definition) is 5. The number of carbonyl (C=O) groups is 2. The third-order valence-corrected chi connectivity index (χ3v) is 8.54. The Morgan fingerprint density at radius 2 is 1.67 bits per heavy atom. The summed E-state index contributed by atoms with van der Waals surface area (Å²) in [7, 11) is 0. The summed E-state index contributed by atoms with van der Waals surface area (Å²) in [6, 6.07) is 5.24. The molecule has 43 heavy (non-hydrogen) atoms. The van der Waals surface area contributed by atoms with Gasteiger partial charge in [-0.2, -0.15) is 26.3 Å². The predicted octanol–water partition coefficient (Wildman–Crippen LogP) is 6.78. The fraction of sp³-hybridized carbons (Fsp3) is 0.400. The molecule has 0 aromatic heterocycles. The summed E-state index contributed by atoms with van der Waals surface area (Å²) in [4.78, 5) is 27.4. The molecule has 230 valence electrons. The zero-order valence-corrected chi connectivity index (χ0v) is 23.4. The van der Waals surface area contributed by atoms with Gasteiger partial charge in [-0.05, 0) is 79.3 Å². The third kappa shape index (κ3) is 5.92. The van der Waals surface area contributed by atoms with Gasteiger partial charge in [-0.1, -0.05) is 23.3 Å². The Bertz CT molecular complexity index is 1500. The molecule has 0 radical (unpaired) electrons. The number of aliphatic hydroxyl groups is 1. The van der Waals surface area contributed by atoms with Crippen molar-refractivity contribution in [3.8, 4) is 5.75 Å². The number of rotatable bonds is 6. The molecule has 5 rings (SSSR count). The first-order valence-corrected chi connectivity index (χ1v) is 13.7. The van der Waals surface area contributed by atoms with Gasteiger partial charge in [-0.25, -0.2) is 4.90 Å². The lowest BCUT2D eigenvalue weighted by Crippen LogP contribution is -2.35. The second kappa shape index (κ2) is 11.3. The Morgan fingerprint density at radius 1 is 1.02 bits per heavy atom. The maximum atomic E-state index is 13.6. The molecule has 2 saturated heterocycles. The molecule has 13 heteroatoms. The van der Waals surface area contributed by atoms with Gasteiger partial charge in [0.15, 0.2) is 0 Å². The number of amides is 2. The van der Waals surface area contributed by atoms with E-state index in [2.05, 4.69) is 0 Å². The highest BCUT2D eigenvalue weighted by molar-refractivity contribution is 6.32. The van der Waals surface area contributed by atoms with Gasteiger partial charge in [0.25, 0.3) is 0 Å². The number of phenols is 1. The molecule has 2 amide bonds. The average molecular weight is 630 g/mol. The van der Waals surface area contributed by atoms with Gasteiger partial charge in [-0.15, -0.1) is 0 Å². The molecular formula is C30H26ClF6NO5. The molecule has 0 bridgehead atoms. The fourth-order valence-corrected chi connectivity index (χ4v) is 6.50. The molecule has 4 atom stereocenters. The Morgan fingerprint density at radius 3 is 2.26 bits per heavy atom. The number of benzene rings is 2. The van der Waals surface area contributed by atoms with E-state index < -0.39 is 71.4 Å². The summed E-state index contributed by atoms with van der Waals surface area (Å²) in [5.41, 5.74) is -1.35. The van der Waals surface area contributed by atoms with Crippen molar-refractivity contribution in [1.82, 2.24) is 0 Å². The van der Waals surface area contributed by atoms with E-state index in [4.69, 9.17) is 16.3 Å². The largest absolute Gasteiger partial charge is 0.508 e. The van der Waals surface area contributed by atoms with Crippen LogP contribution in [0.15, 0.2) is 53.1 Å². The summed E-state index contributed by atoms with van der Waals surface area (Å²) in [6.45, 7) is 1.42. The summed E-state index contributed by atoms with van der Waals surface area (Å²) < 4.78 is 86.9. The topological polar surface area (TPSA) is 87.1 Å². The molecule has 0 spiro atoms. The van der Waals surface area contributed by atoms with E-state index >= 15 is 0 Å². The van der Waals surface area contributed by atoms with E-state index in [0.717, 1.165) is 5.57 Å². The lowest BCUT2D eigenvalue weighted by atomic mass is 9.69. The van der Waals surface area contributed by atoms with Crippen molar-refractivity contribution in [2.75, 3.05) is 18.1 Å². The Kier molecular flexibility index (Phi) is 8.16. The second-order valence-corrected chi connectivity index (χ2v) is 11.4. The lowest BCUT2D eigenvalue weighted by molar-refractivity contribution is -0.143. The van der Waals surface area contributed by atoms with Crippen molar-refractivity contribution >= 4 is 35.2 Å². The smallest absolute Gasteiger partial charge is 0.416 e. The molecule has 2 fully saturated rings. The highest BCUT2D eigenvalue weighted by atomic mass is 35.5. The first-order valence-electron chi connectivity index (χ1n) is 13.4. The summed E-state index contributed by atoms with van der Waals surface area (Å²) in [6.07, 6.45) is -8.09. The molecule has 2 heterocycles. The standard InChI is InChI=1S/C30H26ClF6NO5/c1-14(6-15-3-4-20(40)11-23(15)31)2-5-24-25-16(12-39)7-21-26(22(25)13-43-24)28(42)38(27(21)41)19-9-17(29(32,33)34)8-18(10-19)30(35,36)37/h3-4,6,8-11,21-22,24,26,39-40H,2,5,7,12-13H2,1H3/b14-6+/t21-,22+,24-,26-/m1/s1. The molecule has 2 N–H and O–H groups in total. The van der Waals surface area contributed by atoms with Crippen molar-refractivity contribution in [2.24, 2.45) is 17.8 Å². The highest BCUT2D eigenvalue weighted by Gasteiger charge is 2.57. The van der Waals surface area contributed by atoms with Gasteiger partial charge in [0.05, 0.1) is 53.0 Å². The van der Waals surface area contributed by atoms with Crippen molar-refractivity contribution in [2.45, 2.75) is 44.6 Å². The number of ether oxygens (including phenoxy) is 1. The number of anilines is 1. The number of carbonyl (C=O) groups excluding carboxylic acids is 2. The Hall–Kier alpha value is -3.35. The van der Waals surface area contributed by atoms with Crippen molar-refractivity contribution < 1.29 is 50.9 Å². The number of hydrogen-bond donors (Lipinski definition) is 2. The maximum Gasteiger partial charge on any atom is 0.416 e.